The molecule has 1 aromatic rings. The number of aliphatic carboxylic acids is 2. The highest BCUT2D eigenvalue weighted by Crippen LogP contribution is 1.97. The summed E-state index contributed by atoms with van der Waals surface area (Å²) in [7, 11) is 0. The third kappa shape index (κ3) is 25.6. The molecule has 0 aliphatic rings. The zero-order chi connectivity index (χ0) is 20.1. The molecule has 1 rings (SSSR count). The molecule has 0 fully saturated rings. The van der Waals surface area contributed by atoms with Gasteiger partial charge >= 0.3 is 11.9 Å². The number of allylic oxidation sites excluding steroid dienone is 3. The molecule has 0 amide bonds. The Bertz CT molecular complexity index is 604. The maximum absolute atomic E-state index is 9.87. The second-order valence-corrected chi connectivity index (χ2v) is 3.90. The van der Waals surface area contributed by atoms with Crippen molar-refractivity contribution in [3.05, 3.63) is 92.6 Å². The predicted octanol–water partition coefficient (Wildman–Crippen LogP) is 4.49. The Balaban J connectivity index is -0.000000276. The quantitative estimate of drug-likeness (QED) is 0.467. The Morgan fingerprint density at radius 1 is 1.04 bits per heavy atom. The number of carbonyl (C=O) groups is 2. The molecule has 0 aliphatic heterocycles. The van der Waals surface area contributed by atoms with Gasteiger partial charge in [0, 0.05) is 11.6 Å². The Morgan fingerprint density at radius 2 is 1.48 bits per heavy atom. The van der Waals surface area contributed by atoms with Crippen molar-refractivity contribution in [1.29, 1.82) is 5.26 Å². The van der Waals surface area contributed by atoms with E-state index in [2.05, 4.69) is 32.9 Å². The first-order chi connectivity index (χ1) is 11.8. The second-order valence-electron chi connectivity index (χ2n) is 3.90. The van der Waals surface area contributed by atoms with E-state index in [0.29, 0.717) is 0 Å². The summed E-state index contributed by atoms with van der Waals surface area (Å²) < 4.78 is 0. The first kappa shape index (κ1) is 26.3. The topological polar surface area (TPSA) is 98.4 Å². The van der Waals surface area contributed by atoms with E-state index < -0.39 is 18.4 Å². The number of carboxylic acids is 2. The number of hydrogen-bond donors (Lipinski definition) is 2. The Labute approximate surface area is 148 Å². The largest absolute Gasteiger partial charge is 0.481 e. The zero-order valence-corrected chi connectivity index (χ0v) is 14.1. The van der Waals surface area contributed by atoms with Gasteiger partial charge in [-0.25, -0.2) is 4.79 Å². The first-order valence-corrected chi connectivity index (χ1v) is 6.84. The summed E-state index contributed by atoms with van der Waals surface area (Å²) in [6.45, 7) is 16.5. The molecule has 0 unspecified atom stereocenters. The van der Waals surface area contributed by atoms with Gasteiger partial charge in [0.1, 0.15) is 0 Å². The summed E-state index contributed by atoms with van der Waals surface area (Å²) in [5, 5.41) is 23.6. The fourth-order valence-electron chi connectivity index (χ4n) is 0.847. The highest BCUT2D eigenvalue weighted by Gasteiger charge is 2.07. The van der Waals surface area contributed by atoms with E-state index in [4.69, 9.17) is 15.5 Å². The summed E-state index contributed by atoms with van der Waals surface area (Å²) in [5.74, 6) is -2.44. The van der Waals surface area contributed by atoms with Gasteiger partial charge < -0.3 is 10.2 Å². The average molecular weight is 341 g/mol. The van der Waals surface area contributed by atoms with Crippen LogP contribution in [-0.4, -0.2) is 22.2 Å². The van der Waals surface area contributed by atoms with Crippen molar-refractivity contribution < 1.29 is 19.8 Å². The van der Waals surface area contributed by atoms with E-state index >= 15 is 0 Å². The molecule has 0 aliphatic carbocycles. The molecule has 0 saturated carbocycles. The summed E-state index contributed by atoms with van der Waals surface area (Å²) in [6.07, 6.45) is 5.79. The molecular weight excluding hydrogens is 318 g/mol. The molecule has 0 saturated heterocycles. The van der Waals surface area contributed by atoms with E-state index in [1.165, 1.54) is 11.6 Å². The Morgan fingerprint density at radius 3 is 1.64 bits per heavy atom. The lowest BCUT2D eigenvalue weighted by Gasteiger charge is -1.91. The molecule has 5 heteroatoms. The predicted molar refractivity (Wildman–Crippen MR) is 102 cm³/mol. The van der Waals surface area contributed by atoms with E-state index in [9.17, 15) is 9.59 Å². The number of carboxylic acid groups (broad SMARTS) is 2. The minimum atomic E-state index is -1.27. The molecule has 0 aromatic heterocycles. The normalized spacial score (nSPS) is 7.16. The van der Waals surface area contributed by atoms with Crippen LogP contribution in [0.4, 0.5) is 0 Å². The molecule has 1 aromatic carbocycles. The van der Waals surface area contributed by atoms with Crippen molar-refractivity contribution in [2.75, 3.05) is 0 Å². The maximum atomic E-state index is 9.87. The molecule has 0 radical (unpaired) electrons. The van der Waals surface area contributed by atoms with Gasteiger partial charge in [-0.2, -0.15) is 5.26 Å². The van der Waals surface area contributed by atoms with Crippen LogP contribution in [-0.2, 0) is 9.59 Å². The highest BCUT2D eigenvalue weighted by atomic mass is 16.4. The summed E-state index contributed by atoms with van der Waals surface area (Å²) in [6, 6.07) is 11.7. The minimum Gasteiger partial charge on any atom is -0.481 e. The maximum Gasteiger partial charge on any atom is 0.331 e. The van der Waals surface area contributed by atoms with Crippen LogP contribution in [0.2, 0.25) is 0 Å². The number of benzene rings is 1. The summed E-state index contributed by atoms with van der Waals surface area (Å²) >= 11 is 0. The van der Waals surface area contributed by atoms with Gasteiger partial charge in [0.2, 0.25) is 0 Å². The monoisotopic (exact) mass is 341 g/mol. The first-order valence-electron chi connectivity index (χ1n) is 6.84. The van der Waals surface area contributed by atoms with Crippen molar-refractivity contribution in [1.82, 2.24) is 0 Å². The van der Waals surface area contributed by atoms with Crippen LogP contribution in [0.3, 0.4) is 0 Å². The van der Waals surface area contributed by atoms with Crippen molar-refractivity contribution in [3.63, 3.8) is 0 Å². The zero-order valence-electron chi connectivity index (χ0n) is 14.1. The Hall–Kier alpha value is -3.65. The molecular formula is C20H23NO4. The molecule has 0 heterocycles. The van der Waals surface area contributed by atoms with Crippen LogP contribution in [0.15, 0.2) is 87.0 Å². The molecule has 0 spiro atoms. The lowest BCUT2D eigenvalue weighted by atomic mass is 10.2. The van der Waals surface area contributed by atoms with Gasteiger partial charge in [0.15, 0.2) is 0 Å². The lowest BCUT2D eigenvalue weighted by molar-refractivity contribution is -0.139. The molecule has 0 atom stereocenters. The summed E-state index contributed by atoms with van der Waals surface area (Å²) in [5.41, 5.74) is 0.870. The van der Waals surface area contributed by atoms with Crippen molar-refractivity contribution in [2.24, 2.45) is 0 Å². The summed E-state index contributed by atoms with van der Waals surface area (Å²) in [4.78, 5) is 19.7. The molecule has 25 heavy (non-hydrogen) atoms. The molecule has 0 bridgehead atoms. The van der Waals surface area contributed by atoms with Crippen molar-refractivity contribution in [2.45, 2.75) is 6.42 Å². The van der Waals surface area contributed by atoms with Gasteiger partial charge in [-0.3, -0.25) is 4.79 Å². The lowest BCUT2D eigenvalue weighted by Crippen LogP contribution is -2.04. The van der Waals surface area contributed by atoms with Crippen LogP contribution in [0.25, 0.3) is 6.08 Å². The number of rotatable bonds is 5. The van der Waals surface area contributed by atoms with E-state index in [1.54, 1.807) is 18.2 Å². The van der Waals surface area contributed by atoms with Crippen molar-refractivity contribution in [3.8, 4) is 6.07 Å². The van der Waals surface area contributed by atoms with Crippen LogP contribution < -0.4 is 0 Å². The third-order valence-corrected chi connectivity index (χ3v) is 1.96. The van der Waals surface area contributed by atoms with E-state index in [1.807, 2.05) is 36.4 Å². The third-order valence-electron chi connectivity index (χ3n) is 1.96. The van der Waals surface area contributed by atoms with Crippen LogP contribution in [0, 0.1) is 11.3 Å². The average Bonchev–Trinajstić information content (AvgIpc) is 2.62. The minimum absolute atomic E-state index is 0.303. The van der Waals surface area contributed by atoms with Crippen LogP contribution in [0.5, 0.6) is 0 Å². The molecule has 5 nitrogen and oxygen atoms in total. The molecule has 132 valence electrons. The highest BCUT2D eigenvalue weighted by molar-refractivity contribution is 5.91. The van der Waals surface area contributed by atoms with Gasteiger partial charge in [-0.1, -0.05) is 81.5 Å². The smallest absolute Gasteiger partial charge is 0.331 e. The van der Waals surface area contributed by atoms with Crippen LogP contribution in [0.1, 0.15) is 12.0 Å². The standard InChI is InChI=1S/C8H8.C5H6O4.C4H6.C3H3N/c1-2-8-6-4-3-5-7-8;1-3(5(8)9)2-4(6)7;1-3-4-2;1-2-3-4/h2-7H,1H2;1-2H2,(H,6,7)(H,8,9);3-4H,1-2H2;2H,1H2. The SMILES string of the molecule is C=C(CC(=O)O)C(=O)O.C=CC#N.C=CC=C.C=Cc1ccccc1. The van der Waals surface area contributed by atoms with E-state index in [-0.39, 0.29) is 5.57 Å². The fourth-order valence-corrected chi connectivity index (χ4v) is 0.847. The van der Waals surface area contributed by atoms with Crippen LogP contribution >= 0.6 is 0 Å². The van der Waals surface area contributed by atoms with Gasteiger partial charge in [0.25, 0.3) is 0 Å². The van der Waals surface area contributed by atoms with Gasteiger partial charge in [0.05, 0.1) is 12.5 Å². The Kier molecular flexibility index (Phi) is 21.4. The number of nitriles is 1. The second kappa shape index (κ2) is 20.3. The van der Waals surface area contributed by atoms with E-state index in [0.717, 1.165) is 0 Å². The van der Waals surface area contributed by atoms with Gasteiger partial charge in [-0.05, 0) is 5.56 Å². The number of hydrogen-bond acceptors (Lipinski definition) is 3. The van der Waals surface area contributed by atoms with Crippen molar-refractivity contribution >= 4 is 18.0 Å². The van der Waals surface area contributed by atoms with Gasteiger partial charge in [-0.15, -0.1) is 0 Å². The number of nitrogens with zero attached hydrogens (tertiary/aromatic N) is 1. The molecule has 2 N–H and O–H groups in total. The fraction of sp³-hybridized carbons (Fsp3) is 0.0500.